The fourth-order valence-electron chi connectivity index (χ4n) is 3.76. The molecule has 128 valence electrons. The molecular weight excluding hydrogens is 300 g/mol. The number of ether oxygens (including phenoxy) is 1. The molecule has 0 amide bonds. The number of fused-ring (bicyclic) bond motifs is 1. The van der Waals surface area contributed by atoms with Gasteiger partial charge >= 0.3 is 0 Å². The Morgan fingerprint density at radius 3 is 3.00 bits per heavy atom. The number of methoxy groups -OCH3 is 1. The summed E-state index contributed by atoms with van der Waals surface area (Å²) in [6.45, 7) is 4.30. The van der Waals surface area contributed by atoms with E-state index in [1.165, 1.54) is 0 Å². The first-order valence-corrected chi connectivity index (χ1v) is 8.85. The van der Waals surface area contributed by atoms with Crippen LogP contribution in [0.25, 0.3) is 10.9 Å². The third-order valence-corrected chi connectivity index (χ3v) is 5.21. The monoisotopic (exact) mass is 326 g/mol. The van der Waals surface area contributed by atoms with E-state index in [9.17, 15) is 4.79 Å². The number of ketones is 1. The normalized spacial score (nSPS) is 20.9. The number of aromatic nitrogens is 1. The summed E-state index contributed by atoms with van der Waals surface area (Å²) < 4.78 is 5.31. The summed E-state index contributed by atoms with van der Waals surface area (Å²) in [5.41, 5.74) is 1.96. The Bertz CT molecular complexity index is 714. The van der Waals surface area contributed by atoms with E-state index >= 15 is 0 Å². The van der Waals surface area contributed by atoms with Gasteiger partial charge in [-0.2, -0.15) is 0 Å². The maximum atomic E-state index is 12.7. The standard InChI is InChI=1S/C20H26N2O2/c1-3-14-13-21-8-6-15(14)10-17(23)11-16-7-9-22-20-5-4-18(24-2)12-19(16)20/h4-5,7,9,12,14-15,21H,3,6,8,10-11,13H2,1-2H3/t14-,15-/m0/s1. The first-order chi connectivity index (χ1) is 11.7. The number of nitrogens with one attached hydrogen (secondary N) is 1. The fourth-order valence-corrected chi connectivity index (χ4v) is 3.76. The minimum absolute atomic E-state index is 0.329. The maximum absolute atomic E-state index is 12.7. The van der Waals surface area contributed by atoms with Gasteiger partial charge in [-0.1, -0.05) is 13.3 Å². The molecular formula is C20H26N2O2. The van der Waals surface area contributed by atoms with Crippen molar-refractivity contribution in [2.24, 2.45) is 11.8 Å². The Labute approximate surface area is 143 Å². The van der Waals surface area contributed by atoms with Gasteiger partial charge in [0.15, 0.2) is 0 Å². The lowest BCUT2D eigenvalue weighted by Crippen LogP contribution is -2.37. The summed E-state index contributed by atoms with van der Waals surface area (Å²) in [6, 6.07) is 7.79. The topological polar surface area (TPSA) is 51.2 Å². The van der Waals surface area contributed by atoms with Gasteiger partial charge in [-0.3, -0.25) is 9.78 Å². The van der Waals surface area contributed by atoms with Crippen LogP contribution in [0.1, 0.15) is 31.7 Å². The zero-order valence-corrected chi connectivity index (χ0v) is 14.5. The molecule has 0 aliphatic carbocycles. The summed E-state index contributed by atoms with van der Waals surface area (Å²) in [5, 5.41) is 4.46. The average molecular weight is 326 g/mol. The Morgan fingerprint density at radius 2 is 2.21 bits per heavy atom. The van der Waals surface area contributed by atoms with Crippen molar-refractivity contribution in [3.63, 3.8) is 0 Å². The second-order valence-corrected chi connectivity index (χ2v) is 6.69. The predicted octanol–water partition coefficient (Wildman–Crippen LogP) is 3.38. The maximum Gasteiger partial charge on any atom is 0.137 e. The highest BCUT2D eigenvalue weighted by Crippen LogP contribution is 2.27. The molecule has 0 bridgehead atoms. The summed E-state index contributed by atoms with van der Waals surface area (Å²) >= 11 is 0. The predicted molar refractivity (Wildman–Crippen MR) is 96.4 cm³/mol. The summed E-state index contributed by atoms with van der Waals surface area (Å²) in [6.07, 6.45) is 5.20. The van der Waals surface area contributed by atoms with Crippen LogP contribution in [0.4, 0.5) is 0 Å². The highest BCUT2D eigenvalue weighted by Gasteiger charge is 2.25. The molecule has 3 rings (SSSR count). The van der Waals surface area contributed by atoms with Gasteiger partial charge in [0.1, 0.15) is 11.5 Å². The van der Waals surface area contributed by atoms with Crippen molar-refractivity contribution >= 4 is 16.7 Å². The number of carbonyl (C=O) groups is 1. The third-order valence-electron chi connectivity index (χ3n) is 5.21. The Kier molecular flexibility index (Phi) is 5.46. The second kappa shape index (κ2) is 7.75. The Morgan fingerprint density at radius 1 is 1.33 bits per heavy atom. The number of hydrogen-bond acceptors (Lipinski definition) is 4. The molecule has 4 heteroatoms. The lowest BCUT2D eigenvalue weighted by molar-refractivity contribution is -0.119. The van der Waals surface area contributed by atoms with Crippen molar-refractivity contribution in [1.82, 2.24) is 10.3 Å². The van der Waals surface area contributed by atoms with Gasteiger partial charge < -0.3 is 10.1 Å². The lowest BCUT2D eigenvalue weighted by Gasteiger charge is -2.31. The largest absolute Gasteiger partial charge is 0.497 e. The van der Waals surface area contributed by atoms with Crippen LogP contribution in [-0.2, 0) is 11.2 Å². The lowest BCUT2D eigenvalue weighted by atomic mass is 9.80. The first kappa shape index (κ1) is 16.9. The molecule has 1 N–H and O–H groups in total. The van der Waals surface area contributed by atoms with Gasteiger partial charge in [0.25, 0.3) is 0 Å². The van der Waals surface area contributed by atoms with Crippen LogP contribution in [-0.4, -0.2) is 31.0 Å². The molecule has 2 heterocycles. The smallest absolute Gasteiger partial charge is 0.137 e. The van der Waals surface area contributed by atoms with Crippen LogP contribution in [0.3, 0.4) is 0 Å². The number of carbonyl (C=O) groups excluding carboxylic acids is 1. The molecule has 0 radical (unpaired) electrons. The number of rotatable bonds is 6. The minimum Gasteiger partial charge on any atom is -0.497 e. The van der Waals surface area contributed by atoms with E-state index in [2.05, 4.69) is 17.2 Å². The molecule has 1 fully saturated rings. The van der Waals surface area contributed by atoms with E-state index in [0.717, 1.165) is 48.1 Å². The highest BCUT2D eigenvalue weighted by molar-refractivity contribution is 5.89. The zero-order valence-electron chi connectivity index (χ0n) is 14.5. The van der Waals surface area contributed by atoms with E-state index in [-0.39, 0.29) is 0 Å². The molecule has 1 aromatic carbocycles. The molecule has 2 atom stereocenters. The van der Waals surface area contributed by atoms with E-state index < -0.39 is 0 Å². The molecule has 4 nitrogen and oxygen atoms in total. The molecule has 0 saturated carbocycles. The Balaban J connectivity index is 1.75. The number of nitrogens with zero attached hydrogens (tertiary/aromatic N) is 1. The van der Waals surface area contributed by atoms with Gasteiger partial charge in [-0.25, -0.2) is 0 Å². The van der Waals surface area contributed by atoms with Crippen molar-refractivity contribution in [3.05, 3.63) is 36.0 Å². The minimum atomic E-state index is 0.329. The van der Waals surface area contributed by atoms with Crippen molar-refractivity contribution in [3.8, 4) is 5.75 Å². The molecule has 24 heavy (non-hydrogen) atoms. The van der Waals surface area contributed by atoms with Gasteiger partial charge in [0, 0.05) is 24.4 Å². The van der Waals surface area contributed by atoms with E-state index in [0.29, 0.717) is 30.5 Å². The SMILES string of the molecule is CC[C@H]1CNCC[C@H]1CC(=O)Cc1ccnc2ccc(OC)cc12. The number of benzene rings is 1. The quantitative estimate of drug-likeness (QED) is 0.884. The van der Waals surface area contributed by atoms with Crippen LogP contribution >= 0.6 is 0 Å². The van der Waals surface area contributed by atoms with Gasteiger partial charge in [-0.05, 0) is 61.2 Å². The van der Waals surface area contributed by atoms with Gasteiger partial charge in [0.05, 0.1) is 12.6 Å². The number of pyridine rings is 1. The highest BCUT2D eigenvalue weighted by atomic mass is 16.5. The molecule has 0 unspecified atom stereocenters. The van der Waals surface area contributed by atoms with Crippen LogP contribution in [0.15, 0.2) is 30.5 Å². The zero-order chi connectivity index (χ0) is 16.9. The molecule has 0 spiro atoms. The van der Waals surface area contributed by atoms with Crippen molar-refractivity contribution in [2.45, 2.75) is 32.6 Å². The van der Waals surface area contributed by atoms with Crippen molar-refractivity contribution in [1.29, 1.82) is 0 Å². The van der Waals surface area contributed by atoms with Crippen LogP contribution < -0.4 is 10.1 Å². The van der Waals surface area contributed by atoms with Gasteiger partial charge in [-0.15, -0.1) is 0 Å². The van der Waals surface area contributed by atoms with Gasteiger partial charge in [0.2, 0.25) is 0 Å². The average Bonchev–Trinajstić information content (AvgIpc) is 2.62. The molecule has 2 aromatic rings. The number of piperidine rings is 1. The molecule has 1 aliphatic heterocycles. The summed E-state index contributed by atoms with van der Waals surface area (Å²) in [4.78, 5) is 17.1. The van der Waals surface area contributed by atoms with E-state index in [1.807, 2.05) is 24.3 Å². The summed E-state index contributed by atoms with van der Waals surface area (Å²) in [5.74, 6) is 2.27. The van der Waals surface area contributed by atoms with Crippen molar-refractivity contribution in [2.75, 3.05) is 20.2 Å². The second-order valence-electron chi connectivity index (χ2n) is 6.69. The Hall–Kier alpha value is -1.94. The molecule has 1 saturated heterocycles. The van der Waals surface area contributed by atoms with Crippen molar-refractivity contribution < 1.29 is 9.53 Å². The third kappa shape index (κ3) is 3.75. The number of hydrogen-bond donors (Lipinski definition) is 1. The first-order valence-electron chi connectivity index (χ1n) is 8.85. The van der Waals surface area contributed by atoms with E-state index in [4.69, 9.17) is 4.74 Å². The van der Waals surface area contributed by atoms with Crippen LogP contribution in [0, 0.1) is 11.8 Å². The fraction of sp³-hybridized carbons (Fsp3) is 0.500. The molecule has 1 aromatic heterocycles. The summed E-state index contributed by atoms with van der Waals surface area (Å²) in [7, 11) is 1.66. The van der Waals surface area contributed by atoms with Crippen LogP contribution in [0.2, 0.25) is 0 Å². The molecule has 1 aliphatic rings. The van der Waals surface area contributed by atoms with E-state index in [1.54, 1.807) is 13.3 Å². The van der Waals surface area contributed by atoms with Crippen LogP contribution in [0.5, 0.6) is 5.75 Å². The number of Topliss-reactive ketones (excluding diaryl/α,β-unsaturated/α-hetero) is 1.